The topological polar surface area (TPSA) is 113 Å². The van der Waals surface area contributed by atoms with Crippen molar-refractivity contribution in [2.45, 2.75) is 16.7 Å². The van der Waals surface area contributed by atoms with Crippen molar-refractivity contribution in [1.29, 1.82) is 0 Å². The maximum Gasteiger partial charge on any atom is 0.264 e. The fourth-order valence-electron chi connectivity index (χ4n) is 4.48. The van der Waals surface area contributed by atoms with Crippen LogP contribution in [0.3, 0.4) is 0 Å². The molecule has 214 valence electrons. The molecule has 0 unspecified atom stereocenters. The van der Waals surface area contributed by atoms with E-state index in [-0.39, 0.29) is 9.79 Å². The summed E-state index contributed by atoms with van der Waals surface area (Å²) in [4.78, 5) is 13.2. The predicted molar refractivity (Wildman–Crippen MR) is 167 cm³/mol. The molecule has 42 heavy (non-hydrogen) atoms. The molecule has 0 atom stereocenters. The number of benzene rings is 5. The predicted octanol–water partition coefficient (Wildman–Crippen LogP) is 6.44. The second-order valence-corrected chi connectivity index (χ2v) is 13.4. The number of carbonyl (C=O) groups is 1. The van der Waals surface area contributed by atoms with Gasteiger partial charge in [-0.05, 0) is 78.5 Å². The number of sulfonamides is 2. The van der Waals surface area contributed by atoms with E-state index < -0.39 is 32.5 Å². The number of fused-ring (bicyclic) bond motifs is 1. The summed E-state index contributed by atoms with van der Waals surface area (Å²) in [5.41, 5.74) is 1.62. The first kappa shape index (κ1) is 29.1. The number of halogens is 1. The lowest BCUT2D eigenvalue weighted by Gasteiger charge is -2.25. The number of nitrogens with one attached hydrogen (secondary N) is 2. The highest BCUT2D eigenvalue weighted by atomic mass is 35.5. The van der Waals surface area contributed by atoms with Crippen molar-refractivity contribution in [3.05, 3.63) is 126 Å². The second-order valence-electron chi connectivity index (χ2n) is 9.46. The Morgan fingerprint density at radius 1 is 0.762 bits per heavy atom. The molecule has 0 fully saturated rings. The molecule has 1 amide bonds. The van der Waals surface area contributed by atoms with Crippen LogP contribution >= 0.6 is 11.6 Å². The zero-order valence-corrected chi connectivity index (χ0v) is 24.7. The lowest BCUT2D eigenvalue weighted by Crippen LogP contribution is -2.38. The maximum atomic E-state index is 13.6. The molecule has 2 N–H and O–H groups in total. The molecule has 0 spiro atoms. The molecule has 5 rings (SSSR count). The Labute approximate surface area is 249 Å². The van der Waals surface area contributed by atoms with Gasteiger partial charge in [0, 0.05) is 16.1 Å². The van der Waals surface area contributed by atoms with Crippen LogP contribution in [0.5, 0.6) is 0 Å². The summed E-state index contributed by atoms with van der Waals surface area (Å²) in [5, 5.41) is 4.75. The number of amides is 1. The first-order chi connectivity index (χ1) is 20.0. The van der Waals surface area contributed by atoms with E-state index in [2.05, 4.69) is 10.0 Å². The van der Waals surface area contributed by atoms with E-state index in [0.29, 0.717) is 27.6 Å². The van der Waals surface area contributed by atoms with Crippen molar-refractivity contribution in [1.82, 2.24) is 0 Å². The van der Waals surface area contributed by atoms with Crippen molar-refractivity contribution in [3.63, 3.8) is 0 Å². The molecular weight excluding hydrogens is 594 g/mol. The van der Waals surface area contributed by atoms with E-state index in [1.54, 1.807) is 55.5 Å². The summed E-state index contributed by atoms with van der Waals surface area (Å²) in [6, 6.07) is 30.9. The first-order valence-corrected chi connectivity index (χ1v) is 16.1. The van der Waals surface area contributed by atoms with E-state index in [1.165, 1.54) is 36.4 Å². The summed E-state index contributed by atoms with van der Waals surface area (Å²) < 4.78 is 57.0. The van der Waals surface area contributed by atoms with Crippen LogP contribution < -0.4 is 14.3 Å². The normalized spacial score (nSPS) is 11.7. The molecule has 0 radical (unpaired) electrons. The minimum absolute atomic E-state index is 0.00139. The Morgan fingerprint density at radius 3 is 2.14 bits per heavy atom. The summed E-state index contributed by atoms with van der Waals surface area (Å²) in [5.74, 6) is -0.617. The monoisotopic (exact) mass is 619 g/mol. The molecule has 11 heteroatoms. The van der Waals surface area contributed by atoms with Crippen molar-refractivity contribution in [3.8, 4) is 0 Å². The van der Waals surface area contributed by atoms with Gasteiger partial charge < -0.3 is 5.32 Å². The van der Waals surface area contributed by atoms with E-state index >= 15 is 0 Å². The highest BCUT2D eigenvalue weighted by Crippen LogP contribution is 2.29. The summed E-state index contributed by atoms with van der Waals surface area (Å²) in [6.07, 6.45) is 0. The smallest absolute Gasteiger partial charge is 0.264 e. The number of rotatable bonds is 9. The summed E-state index contributed by atoms with van der Waals surface area (Å²) in [7, 11) is -8.03. The lowest BCUT2D eigenvalue weighted by atomic mass is 10.1. The molecule has 0 aliphatic heterocycles. The first-order valence-electron chi connectivity index (χ1n) is 12.8. The largest absolute Gasteiger partial charge is 0.325 e. The molecule has 5 aromatic rings. The Kier molecular flexibility index (Phi) is 8.22. The van der Waals surface area contributed by atoms with Gasteiger partial charge in [0.05, 0.1) is 21.2 Å². The van der Waals surface area contributed by atoms with Crippen LogP contribution in [0, 0.1) is 6.92 Å². The summed E-state index contributed by atoms with van der Waals surface area (Å²) >= 11 is 6.09. The second kappa shape index (κ2) is 11.8. The Hall–Kier alpha value is -4.38. The van der Waals surface area contributed by atoms with Crippen molar-refractivity contribution >= 4 is 65.4 Å². The average molecular weight is 620 g/mol. The average Bonchev–Trinajstić information content (AvgIpc) is 2.97. The van der Waals surface area contributed by atoms with Gasteiger partial charge in [-0.25, -0.2) is 16.8 Å². The van der Waals surface area contributed by atoms with Gasteiger partial charge in [-0.3, -0.25) is 13.8 Å². The van der Waals surface area contributed by atoms with Gasteiger partial charge in [-0.2, -0.15) is 0 Å². The molecule has 5 aromatic carbocycles. The van der Waals surface area contributed by atoms with E-state index in [4.69, 9.17) is 11.6 Å². The lowest BCUT2D eigenvalue weighted by molar-refractivity contribution is -0.114. The molecule has 0 bridgehead atoms. The Morgan fingerprint density at radius 2 is 1.43 bits per heavy atom. The van der Waals surface area contributed by atoms with Crippen LogP contribution in [0.2, 0.25) is 5.02 Å². The van der Waals surface area contributed by atoms with E-state index in [9.17, 15) is 21.6 Å². The van der Waals surface area contributed by atoms with E-state index in [0.717, 1.165) is 15.1 Å². The molecule has 0 aliphatic carbocycles. The number of carbonyl (C=O) groups excluding carboxylic acids is 1. The van der Waals surface area contributed by atoms with E-state index in [1.807, 2.05) is 30.3 Å². The fraction of sp³-hybridized carbons (Fsp3) is 0.0645. The quantitative estimate of drug-likeness (QED) is 0.197. The van der Waals surface area contributed by atoms with Gasteiger partial charge >= 0.3 is 0 Å². The Balaban J connectivity index is 1.36. The van der Waals surface area contributed by atoms with Crippen LogP contribution in [-0.2, 0) is 24.8 Å². The maximum absolute atomic E-state index is 13.6. The molecule has 0 saturated carbocycles. The fourth-order valence-corrected chi connectivity index (χ4v) is 7.30. The van der Waals surface area contributed by atoms with Crippen molar-refractivity contribution < 1.29 is 21.6 Å². The van der Waals surface area contributed by atoms with Gasteiger partial charge in [-0.15, -0.1) is 0 Å². The molecule has 0 aromatic heterocycles. The number of hydrogen-bond donors (Lipinski definition) is 2. The van der Waals surface area contributed by atoms with Gasteiger partial charge in [0.1, 0.15) is 6.54 Å². The number of nitrogens with zero attached hydrogens (tertiary/aromatic N) is 1. The third-order valence-electron chi connectivity index (χ3n) is 6.53. The molecule has 0 saturated heterocycles. The van der Waals surface area contributed by atoms with Gasteiger partial charge in [0.15, 0.2) is 0 Å². The number of aryl methyl sites for hydroxylation is 1. The van der Waals surface area contributed by atoms with Gasteiger partial charge in [0.25, 0.3) is 20.0 Å². The molecular formula is C31H26ClN3O5S2. The van der Waals surface area contributed by atoms with Gasteiger partial charge in [-0.1, -0.05) is 66.2 Å². The third-order valence-corrected chi connectivity index (χ3v) is 9.92. The van der Waals surface area contributed by atoms with Crippen LogP contribution in [0.4, 0.5) is 17.1 Å². The highest BCUT2D eigenvalue weighted by Gasteiger charge is 2.28. The standard InChI is InChI=1S/C31H26ClN3O5S2/c1-22-20-24(32)14-19-30(22)35(42(39,40)27-10-3-2-4-11-27)21-31(36)33-25-15-17-26(18-16-25)41(37,38)34-29-13-7-9-23-8-5-6-12-28(23)29/h2-20,34H,21H2,1H3,(H,33,36). The number of hydrogen-bond acceptors (Lipinski definition) is 5. The molecule has 0 aliphatic rings. The van der Waals surface area contributed by atoms with Crippen molar-refractivity contribution in [2.24, 2.45) is 0 Å². The summed E-state index contributed by atoms with van der Waals surface area (Å²) in [6.45, 7) is 1.18. The third kappa shape index (κ3) is 6.25. The van der Waals surface area contributed by atoms with Crippen LogP contribution in [0.1, 0.15) is 5.56 Å². The van der Waals surface area contributed by atoms with Crippen LogP contribution in [0.25, 0.3) is 10.8 Å². The van der Waals surface area contributed by atoms with Gasteiger partial charge in [0.2, 0.25) is 5.91 Å². The molecule has 8 nitrogen and oxygen atoms in total. The zero-order chi connectivity index (χ0) is 29.9. The minimum atomic E-state index is -4.11. The van der Waals surface area contributed by atoms with Crippen LogP contribution in [-0.4, -0.2) is 29.3 Å². The van der Waals surface area contributed by atoms with Crippen LogP contribution in [0.15, 0.2) is 125 Å². The van der Waals surface area contributed by atoms with Crippen molar-refractivity contribution in [2.75, 3.05) is 20.9 Å². The SMILES string of the molecule is Cc1cc(Cl)ccc1N(CC(=O)Nc1ccc(S(=O)(=O)Nc2cccc3ccccc23)cc1)S(=O)(=O)c1ccccc1. The molecule has 0 heterocycles. The zero-order valence-electron chi connectivity index (χ0n) is 22.4. The number of anilines is 3. The minimum Gasteiger partial charge on any atom is -0.325 e. The highest BCUT2D eigenvalue weighted by molar-refractivity contribution is 7.93. The Bertz CT molecular complexity index is 1980.